The second-order valence-corrected chi connectivity index (χ2v) is 5.35. The quantitative estimate of drug-likeness (QED) is 0.757. The first kappa shape index (κ1) is 14.6. The molecule has 2 aliphatic rings. The molecule has 2 rings (SSSR count). The summed E-state index contributed by atoms with van der Waals surface area (Å²) in [5.41, 5.74) is 0. The Morgan fingerprint density at radius 1 is 1.15 bits per heavy atom. The van der Waals surface area contributed by atoms with Gasteiger partial charge < -0.3 is 20.2 Å². The fourth-order valence-corrected chi connectivity index (χ4v) is 2.41. The third-order valence-electron chi connectivity index (χ3n) is 3.65. The van der Waals surface area contributed by atoms with Gasteiger partial charge in [-0.15, -0.1) is 0 Å². The number of carbonyl (C=O) groups is 3. The highest BCUT2D eigenvalue weighted by Gasteiger charge is 2.34. The van der Waals surface area contributed by atoms with Crippen LogP contribution in [-0.4, -0.2) is 65.0 Å². The van der Waals surface area contributed by atoms with Crippen LogP contribution in [0.3, 0.4) is 0 Å². The molecule has 1 heterocycles. The van der Waals surface area contributed by atoms with Crippen LogP contribution in [0.4, 0.5) is 4.79 Å². The van der Waals surface area contributed by atoms with Gasteiger partial charge in [-0.3, -0.25) is 9.59 Å². The zero-order valence-corrected chi connectivity index (χ0v) is 11.5. The van der Waals surface area contributed by atoms with Crippen molar-refractivity contribution in [2.24, 2.45) is 0 Å². The molecule has 1 aliphatic carbocycles. The normalized spacial score (nSPS) is 18.5. The Morgan fingerprint density at radius 2 is 1.80 bits per heavy atom. The first-order valence-corrected chi connectivity index (χ1v) is 7.12. The lowest BCUT2D eigenvalue weighted by Crippen LogP contribution is -2.48. The van der Waals surface area contributed by atoms with E-state index in [1.54, 1.807) is 4.90 Å². The van der Waals surface area contributed by atoms with Gasteiger partial charge in [0, 0.05) is 19.1 Å². The second kappa shape index (κ2) is 6.58. The van der Waals surface area contributed by atoms with Gasteiger partial charge in [0.2, 0.25) is 5.91 Å². The van der Waals surface area contributed by atoms with Crippen LogP contribution in [0.15, 0.2) is 0 Å². The smallest absolute Gasteiger partial charge is 0.323 e. The van der Waals surface area contributed by atoms with Gasteiger partial charge in [0.15, 0.2) is 0 Å². The maximum absolute atomic E-state index is 11.9. The maximum Gasteiger partial charge on any atom is 0.323 e. The molecule has 1 saturated heterocycles. The zero-order chi connectivity index (χ0) is 14.5. The van der Waals surface area contributed by atoms with E-state index in [4.69, 9.17) is 5.11 Å². The van der Waals surface area contributed by atoms with Crippen molar-refractivity contribution in [1.29, 1.82) is 0 Å². The second-order valence-electron chi connectivity index (χ2n) is 5.35. The van der Waals surface area contributed by atoms with Gasteiger partial charge in [-0.05, 0) is 32.1 Å². The summed E-state index contributed by atoms with van der Waals surface area (Å²) in [6, 6.07) is -0.448. The van der Waals surface area contributed by atoms with Gasteiger partial charge in [-0.2, -0.15) is 0 Å². The third kappa shape index (κ3) is 4.11. The van der Waals surface area contributed by atoms with E-state index in [9.17, 15) is 14.4 Å². The number of carboxylic acid groups (broad SMARTS) is 1. The first-order valence-electron chi connectivity index (χ1n) is 7.12. The molecule has 1 aliphatic heterocycles. The number of amides is 3. The lowest BCUT2D eigenvalue weighted by Gasteiger charge is -2.27. The van der Waals surface area contributed by atoms with E-state index in [0.717, 1.165) is 45.2 Å². The van der Waals surface area contributed by atoms with E-state index in [0.29, 0.717) is 0 Å². The maximum atomic E-state index is 11.9. The number of likely N-dealkylation sites (tertiary alicyclic amines) is 1. The average molecular weight is 283 g/mol. The molecular formula is C13H21N3O4. The van der Waals surface area contributed by atoms with Crippen LogP contribution in [0.5, 0.6) is 0 Å². The van der Waals surface area contributed by atoms with Crippen molar-refractivity contribution < 1.29 is 19.5 Å². The SMILES string of the molecule is O=C(O)CN(C(=O)NCC(=O)N1CCCCC1)C1CC1. The zero-order valence-electron chi connectivity index (χ0n) is 11.5. The van der Waals surface area contributed by atoms with Gasteiger partial charge in [0.1, 0.15) is 6.54 Å². The molecule has 0 radical (unpaired) electrons. The Balaban J connectivity index is 1.77. The molecule has 0 aromatic carbocycles. The molecule has 1 saturated carbocycles. The van der Waals surface area contributed by atoms with E-state index in [1.165, 1.54) is 4.90 Å². The van der Waals surface area contributed by atoms with E-state index in [-0.39, 0.29) is 25.0 Å². The molecule has 7 heteroatoms. The average Bonchev–Trinajstić information content (AvgIpc) is 3.27. The van der Waals surface area contributed by atoms with Crippen molar-refractivity contribution >= 4 is 17.9 Å². The van der Waals surface area contributed by atoms with Crippen LogP contribution in [0.1, 0.15) is 32.1 Å². The van der Waals surface area contributed by atoms with Crippen molar-refractivity contribution in [3.8, 4) is 0 Å². The Bertz CT molecular complexity index is 389. The van der Waals surface area contributed by atoms with Crippen LogP contribution in [0.2, 0.25) is 0 Å². The van der Waals surface area contributed by atoms with Crippen LogP contribution in [0.25, 0.3) is 0 Å². The number of carbonyl (C=O) groups excluding carboxylic acids is 2. The minimum Gasteiger partial charge on any atom is -0.480 e. The molecule has 0 aromatic heterocycles. The molecule has 0 bridgehead atoms. The number of nitrogens with one attached hydrogen (secondary N) is 1. The lowest BCUT2D eigenvalue weighted by atomic mass is 10.1. The van der Waals surface area contributed by atoms with E-state index in [2.05, 4.69) is 5.32 Å². The van der Waals surface area contributed by atoms with Gasteiger partial charge in [-0.25, -0.2) is 4.79 Å². The monoisotopic (exact) mass is 283 g/mol. The fourth-order valence-electron chi connectivity index (χ4n) is 2.41. The van der Waals surface area contributed by atoms with E-state index >= 15 is 0 Å². The molecule has 0 unspecified atom stereocenters. The predicted molar refractivity (Wildman–Crippen MR) is 71.2 cm³/mol. The molecule has 0 spiro atoms. The van der Waals surface area contributed by atoms with Crippen molar-refractivity contribution in [3.63, 3.8) is 0 Å². The summed E-state index contributed by atoms with van der Waals surface area (Å²) >= 11 is 0. The van der Waals surface area contributed by atoms with Crippen molar-refractivity contribution in [2.45, 2.75) is 38.1 Å². The number of nitrogens with zero attached hydrogens (tertiary/aromatic N) is 2. The molecule has 7 nitrogen and oxygen atoms in total. The molecule has 20 heavy (non-hydrogen) atoms. The third-order valence-corrected chi connectivity index (χ3v) is 3.65. The van der Waals surface area contributed by atoms with Crippen LogP contribution in [-0.2, 0) is 9.59 Å². The molecule has 112 valence electrons. The van der Waals surface area contributed by atoms with Crippen LogP contribution >= 0.6 is 0 Å². The minimum atomic E-state index is -1.03. The summed E-state index contributed by atoms with van der Waals surface area (Å²) in [5.74, 6) is -1.13. The summed E-state index contributed by atoms with van der Waals surface area (Å²) in [5, 5.41) is 11.3. The molecule has 0 atom stereocenters. The Hall–Kier alpha value is -1.79. The first-order chi connectivity index (χ1) is 9.58. The summed E-state index contributed by atoms with van der Waals surface area (Å²) in [6.07, 6.45) is 4.82. The number of piperidine rings is 1. The standard InChI is InChI=1S/C13H21N3O4/c17-11(15-6-2-1-3-7-15)8-14-13(20)16(9-12(18)19)10-4-5-10/h10H,1-9H2,(H,14,20)(H,18,19). The molecular weight excluding hydrogens is 262 g/mol. The number of aliphatic carboxylic acids is 1. The minimum absolute atomic E-state index is 0.0104. The van der Waals surface area contributed by atoms with Crippen molar-refractivity contribution in [3.05, 3.63) is 0 Å². The Morgan fingerprint density at radius 3 is 2.35 bits per heavy atom. The summed E-state index contributed by atoms with van der Waals surface area (Å²) in [6.45, 7) is 1.13. The Labute approximate surface area is 117 Å². The molecule has 3 amide bonds. The van der Waals surface area contributed by atoms with E-state index < -0.39 is 12.0 Å². The lowest BCUT2D eigenvalue weighted by molar-refractivity contribution is -0.137. The topological polar surface area (TPSA) is 90.0 Å². The number of hydrogen-bond donors (Lipinski definition) is 2. The summed E-state index contributed by atoms with van der Waals surface area (Å²) < 4.78 is 0. The van der Waals surface area contributed by atoms with E-state index in [1.807, 2.05) is 0 Å². The van der Waals surface area contributed by atoms with Gasteiger partial charge >= 0.3 is 12.0 Å². The number of carboxylic acids is 1. The molecule has 2 fully saturated rings. The Kier molecular flexibility index (Phi) is 4.81. The fraction of sp³-hybridized carbons (Fsp3) is 0.769. The van der Waals surface area contributed by atoms with Crippen LogP contribution < -0.4 is 5.32 Å². The molecule has 0 aromatic rings. The predicted octanol–water partition coefficient (Wildman–Crippen LogP) is 0.258. The summed E-state index contributed by atoms with van der Waals surface area (Å²) in [7, 11) is 0. The highest BCUT2D eigenvalue weighted by Crippen LogP contribution is 2.26. The summed E-state index contributed by atoms with van der Waals surface area (Å²) in [4.78, 5) is 37.6. The largest absolute Gasteiger partial charge is 0.480 e. The number of rotatable bonds is 5. The highest BCUT2D eigenvalue weighted by atomic mass is 16.4. The van der Waals surface area contributed by atoms with Crippen molar-refractivity contribution in [1.82, 2.24) is 15.1 Å². The molecule has 2 N–H and O–H groups in total. The highest BCUT2D eigenvalue weighted by molar-refractivity contribution is 5.86. The van der Waals surface area contributed by atoms with Gasteiger partial charge in [-0.1, -0.05) is 0 Å². The van der Waals surface area contributed by atoms with Gasteiger partial charge in [0.25, 0.3) is 0 Å². The van der Waals surface area contributed by atoms with Gasteiger partial charge in [0.05, 0.1) is 6.54 Å². The van der Waals surface area contributed by atoms with Crippen molar-refractivity contribution in [2.75, 3.05) is 26.2 Å². The number of hydrogen-bond acceptors (Lipinski definition) is 3. The van der Waals surface area contributed by atoms with Crippen LogP contribution in [0, 0.1) is 0 Å². The number of urea groups is 1.